The second-order valence-corrected chi connectivity index (χ2v) is 10.5. The van der Waals surface area contributed by atoms with Gasteiger partial charge in [0, 0.05) is 23.3 Å². The van der Waals surface area contributed by atoms with Crippen LogP contribution in [0.1, 0.15) is 0 Å². The summed E-state index contributed by atoms with van der Waals surface area (Å²) >= 11 is 1.82. The van der Waals surface area contributed by atoms with Gasteiger partial charge in [-0.15, -0.1) is 95.6 Å². The first-order chi connectivity index (χ1) is 21.3. The van der Waals surface area contributed by atoms with E-state index in [-0.39, 0.29) is 20.1 Å². The van der Waals surface area contributed by atoms with Gasteiger partial charge in [-0.2, -0.15) is 11.3 Å². The summed E-state index contributed by atoms with van der Waals surface area (Å²) in [6.07, 6.45) is 5.39. The SMILES string of the molecule is [Ir+3].[c-]1cc2c(cc1-c1ccccn1)sc1ccccc12.[c-]1ccccc1-c1ccccn1.[c-]1ccccc1-c1ccccn1. The minimum atomic E-state index is 0. The van der Waals surface area contributed by atoms with E-state index in [4.69, 9.17) is 0 Å². The Bertz CT molecular complexity index is 1850. The maximum absolute atomic E-state index is 4.38. The molecule has 0 amide bonds. The van der Waals surface area contributed by atoms with Crippen molar-refractivity contribution >= 4 is 31.5 Å². The van der Waals surface area contributed by atoms with Crippen LogP contribution in [0.3, 0.4) is 0 Å². The predicted molar refractivity (Wildman–Crippen MR) is 178 cm³/mol. The van der Waals surface area contributed by atoms with Gasteiger partial charge >= 0.3 is 20.1 Å². The molecule has 0 spiro atoms. The third-order valence-electron chi connectivity index (χ3n) is 6.55. The van der Waals surface area contributed by atoms with Crippen molar-refractivity contribution in [2.24, 2.45) is 0 Å². The number of aromatic nitrogens is 3. The minimum Gasteiger partial charge on any atom is -0.305 e. The summed E-state index contributed by atoms with van der Waals surface area (Å²) in [5, 5.41) is 2.59. The van der Waals surface area contributed by atoms with Gasteiger partial charge in [-0.1, -0.05) is 60.0 Å². The zero-order chi connectivity index (χ0) is 29.1. The van der Waals surface area contributed by atoms with Crippen LogP contribution < -0.4 is 0 Å². The average Bonchev–Trinajstić information content (AvgIpc) is 3.49. The fourth-order valence-corrected chi connectivity index (χ4v) is 5.61. The summed E-state index contributed by atoms with van der Waals surface area (Å²) in [4.78, 5) is 12.8. The number of benzene rings is 4. The summed E-state index contributed by atoms with van der Waals surface area (Å²) in [5.41, 5.74) is 6.05. The van der Waals surface area contributed by atoms with Gasteiger partial charge in [0.05, 0.1) is 0 Å². The molecule has 8 aromatic rings. The Kier molecular flexibility index (Phi) is 10.9. The molecule has 0 aliphatic heterocycles. The fourth-order valence-electron chi connectivity index (χ4n) is 4.48. The first-order valence-corrected chi connectivity index (χ1v) is 14.7. The molecular formula is C39H26IrN3S. The Hall–Kier alpha value is -4.80. The molecule has 5 heteroatoms. The van der Waals surface area contributed by atoms with Crippen LogP contribution in [0.4, 0.5) is 0 Å². The van der Waals surface area contributed by atoms with Gasteiger partial charge in [-0.3, -0.25) is 0 Å². The van der Waals surface area contributed by atoms with E-state index >= 15 is 0 Å². The number of hydrogen-bond donors (Lipinski definition) is 0. The molecule has 212 valence electrons. The van der Waals surface area contributed by atoms with E-state index in [2.05, 4.69) is 69.5 Å². The first kappa shape index (κ1) is 30.7. The van der Waals surface area contributed by atoms with Gasteiger partial charge in [0.1, 0.15) is 0 Å². The molecule has 4 heterocycles. The Morgan fingerprint density at radius 1 is 0.432 bits per heavy atom. The summed E-state index contributed by atoms with van der Waals surface area (Å²) < 4.78 is 2.62. The van der Waals surface area contributed by atoms with E-state index in [0.29, 0.717) is 0 Å². The van der Waals surface area contributed by atoms with Crippen LogP contribution in [0.2, 0.25) is 0 Å². The van der Waals surface area contributed by atoms with E-state index in [0.717, 1.165) is 33.8 Å². The molecule has 0 saturated carbocycles. The normalized spacial score (nSPS) is 10.1. The molecule has 44 heavy (non-hydrogen) atoms. The van der Waals surface area contributed by atoms with E-state index in [1.54, 1.807) is 12.4 Å². The molecule has 3 nitrogen and oxygen atoms in total. The maximum atomic E-state index is 4.38. The standard InChI is InChI=1S/C17H10NS.2C11H8N.Ir/c1-2-7-16-13(5-1)14-9-8-12(11-17(14)19-16)15-6-3-4-10-18-15;2*1-2-6-10(7-3-1)11-8-4-5-9-12-11;/h1-7,9-11H;2*1-6,8-9H;/q3*-1;+3. The number of hydrogen-bond acceptors (Lipinski definition) is 4. The quantitative estimate of drug-likeness (QED) is 0.168. The summed E-state index contributed by atoms with van der Waals surface area (Å²) in [6, 6.07) is 55.7. The number of pyridine rings is 3. The second kappa shape index (κ2) is 15.6. The smallest absolute Gasteiger partial charge is 0.305 e. The monoisotopic (exact) mass is 761 g/mol. The molecule has 8 rings (SSSR count). The fraction of sp³-hybridized carbons (Fsp3) is 0. The van der Waals surface area contributed by atoms with Crippen LogP contribution in [-0.4, -0.2) is 15.0 Å². The van der Waals surface area contributed by atoms with Gasteiger partial charge in [-0.25, -0.2) is 0 Å². The van der Waals surface area contributed by atoms with Crippen molar-refractivity contribution in [1.29, 1.82) is 0 Å². The van der Waals surface area contributed by atoms with Crippen molar-refractivity contribution < 1.29 is 20.1 Å². The van der Waals surface area contributed by atoms with Crippen molar-refractivity contribution in [3.8, 4) is 33.8 Å². The van der Waals surface area contributed by atoms with Crippen LogP contribution in [-0.2, 0) is 20.1 Å². The number of nitrogens with zero attached hydrogens (tertiary/aromatic N) is 3. The molecule has 0 atom stereocenters. The van der Waals surface area contributed by atoms with Gasteiger partial charge in [0.15, 0.2) is 0 Å². The van der Waals surface area contributed by atoms with Crippen LogP contribution in [0.25, 0.3) is 53.9 Å². The van der Waals surface area contributed by atoms with Gasteiger partial charge in [0.2, 0.25) is 0 Å². The molecule has 4 aromatic carbocycles. The molecule has 0 aliphatic carbocycles. The van der Waals surface area contributed by atoms with Gasteiger partial charge in [-0.05, 0) is 51.4 Å². The minimum absolute atomic E-state index is 0. The molecule has 0 fully saturated rings. The first-order valence-electron chi connectivity index (χ1n) is 13.9. The predicted octanol–water partition coefficient (Wildman–Crippen LogP) is 10.0. The summed E-state index contributed by atoms with van der Waals surface area (Å²) in [6.45, 7) is 0. The molecule has 0 N–H and O–H groups in total. The van der Waals surface area contributed by atoms with Crippen LogP contribution in [0, 0.1) is 18.2 Å². The van der Waals surface area contributed by atoms with Gasteiger partial charge in [0.25, 0.3) is 0 Å². The molecule has 4 aromatic heterocycles. The second-order valence-electron chi connectivity index (χ2n) is 9.42. The third kappa shape index (κ3) is 7.77. The molecule has 0 saturated heterocycles. The topological polar surface area (TPSA) is 38.7 Å². The van der Waals surface area contributed by atoms with Crippen molar-refractivity contribution in [1.82, 2.24) is 15.0 Å². The Morgan fingerprint density at radius 2 is 0.932 bits per heavy atom. The Balaban J connectivity index is 0.000000135. The molecular weight excluding hydrogens is 735 g/mol. The summed E-state index contributed by atoms with van der Waals surface area (Å²) in [5.74, 6) is 0. The largest absolute Gasteiger partial charge is 3.00 e. The zero-order valence-corrected chi connectivity index (χ0v) is 26.8. The molecule has 0 radical (unpaired) electrons. The number of fused-ring (bicyclic) bond motifs is 3. The van der Waals surface area contributed by atoms with E-state index in [1.165, 1.54) is 20.2 Å². The average molecular weight is 761 g/mol. The molecule has 0 unspecified atom stereocenters. The van der Waals surface area contributed by atoms with Crippen LogP contribution in [0.15, 0.2) is 158 Å². The van der Waals surface area contributed by atoms with Crippen LogP contribution >= 0.6 is 11.3 Å². The maximum Gasteiger partial charge on any atom is 3.00 e. The van der Waals surface area contributed by atoms with Crippen molar-refractivity contribution in [3.05, 3.63) is 176 Å². The van der Waals surface area contributed by atoms with Gasteiger partial charge < -0.3 is 15.0 Å². The van der Waals surface area contributed by atoms with Crippen molar-refractivity contribution in [3.63, 3.8) is 0 Å². The molecule has 0 aliphatic rings. The van der Waals surface area contributed by atoms with Crippen LogP contribution in [0.5, 0.6) is 0 Å². The molecule has 0 bridgehead atoms. The zero-order valence-electron chi connectivity index (χ0n) is 23.6. The van der Waals surface area contributed by atoms with E-state index in [9.17, 15) is 0 Å². The van der Waals surface area contributed by atoms with E-state index < -0.39 is 0 Å². The van der Waals surface area contributed by atoms with E-state index in [1.807, 2.05) is 121 Å². The third-order valence-corrected chi connectivity index (χ3v) is 7.68. The Morgan fingerprint density at radius 3 is 1.43 bits per heavy atom. The Labute approximate surface area is 275 Å². The number of rotatable bonds is 3. The number of thiophene rings is 1. The summed E-state index contributed by atoms with van der Waals surface area (Å²) in [7, 11) is 0. The van der Waals surface area contributed by atoms with Crippen molar-refractivity contribution in [2.75, 3.05) is 0 Å². The van der Waals surface area contributed by atoms with Crippen molar-refractivity contribution in [2.45, 2.75) is 0 Å².